The summed E-state index contributed by atoms with van der Waals surface area (Å²) in [6.07, 6.45) is 1.37. The van der Waals surface area contributed by atoms with Gasteiger partial charge in [0.05, 0.1) is 19.8 Å². The molecule has 0 saturated heterocycles. The number of nitrogens with one attached hydrogen (secondary N) is 1. The van der Waals surface area contributed by atoms with Gasteiger partial charge in [-0.15, -0.1) is 0 Å². The number of halogens is 2. The first-order valence-electron chi connectivity index (χ1n) is 6.94. The van der Waals surface area contributed by atoms with Crippen LogP contribution in [0, 0.1) is 0 Å². The first kappa shape index (κ1) is 18.0. The third kappa shape index (κ3) is 4.58. The van der Waals surface area contributed by atoms with Crippen molar-refractivity contribution in [2.75, 3.05) is 14.2 Å². The first-order valence-corrected chi connectivity index (χ1v) is 7.82. The number of aromatic nitrogens is 1. The molecule has 1 amide bonds. The van der Waals surface area contributed by atoms with Crippen molar-refractivity contribution in [3.8, 4) is 11.5 Å². The molecule has 0 saturated carbocycles. The largest absolute Gasteiger partial charge is 0.497 e. The molecule has 0 fully saturated rings. The van der Waals surface area contributed by atoms with E-state index in [0.29, 0.717) is 11.5 Å². The van der Waals surface area contributed by atoms with Crippen LogP contribution in [0.15, 0.2) is 41.6 Å². The van der Waals surface area contributed by atoms with Gasteiger partial charge in [0.2, 0.25) is 0 Å². The quantitative estimate of drug-likeness (QED) is 0.773. The second-order valence-electron chi connectivity index (χ2n) is 4.60. The third-order valence-corrected chi connectivity index (χ3v) is 3.88. The van der Waals surface area contributed by atoms with Crippen molar-refractivity contribution in [3.63, 3.8) is 0 Å². The summed E-state index contributed by atoms with van der Waals surface area (Å²) in [6, 6.07) is 8.18. The van der Waals surface area contributed by atoms with E-state index in [1.165, 1.54) is 25.4 Å². The van der Waals surface area contributed by atoms with Gasteiger partial charge >= 0.3 is 0 Å². The number of benzene rings is 1. The number of pyridine rings is 1. The molecule has 0 unspecified atom stereocenters. The lowest BCUT2D eigenvalue weighted by Crippen LogP contribution is -2.24. The van der Waals surface area contributed by atoms with E-state index in [1.807, 2.05) is 0 Å². The number of thioether (sulfide) groups is 1. The van der Waals surface area contributed by atoms with Crippen molar-refractivity contribution in [2.24, 2.45) is 0 Å². The van der Waals surface area contributed by atoms with E-state index in [4.69, 9.17) is 9.47 Å². The molecule has 1 N–H and O–H groups in total. The zero-order valence-corrected chi connectivity index (χ0v) is 13.9. The highest BCUT2D eigenvalue weighted by Crippen LogP contribution is 2.27. The number of carbonyl (C=O) groups excluding carboxylic acids is 1. The van der Waals surface area contributed by atoms with Crippen molar-refractivity contribution >= 4 is 17.7 Å². The van der Waals surface area contributed by atoms with Gasteiger partial charge in [-0.2, -0.15) is 8.78 Å². The van der Waals surface area contributed by atoms with Gasteiger partial charge in [-0.25, -0.2) is 4.98 Å². The Kier molecular flexibility index (Phi) is 6.36. The summed E-state index contributed by atoms with van der Waals surface area (Å²) in [5.41, 5.74) is 0.842. The fourth-order valence-electron chi connectivity index (χ4n) is 2.01. The molecule has 0 bridgehead atoms. The van der Waals surface area contributed by atoms with Crippen molar-refractivity contribution in [3.05, 3.63) is 47.7 Å². The smallest absolute Gasteiger partial charge is 0.290 e. The second-order valence-corrected chi connectivity index (χ2v) is 5.57. The van der Waals surface area contributed by atoms with Gasteiger partial charge in [0.25, 0.3) is 11.7 Å². The van der Waals surface area contributed by atoms with E-state index in [-0.39, 0.29) is 28.9 Å². The molecule has 1 aromatic heterocycles. The SMILES string of the molecule is COc1ccc(CNC(=O)c2cccnc2SC(F)F)c(OC)c1. The number of methoxy groups -OCH3 is 2. The highest BCUT2D eigenvalue weighted by Gasteiger charge is 2.17. The van der Waals surface area contributed by atoms with E-state index in [9.17, 15) is 13.6 Å². The van der Waals surface area contributed by atoms with E-state index in [2.05, 4.69) is 10.3 Å². The monoisotopic (exact) mass is 354 g/mol. The summed E-state index contributed by atoms with van der Waals surface area (Å²) in [7, 11) is 3.05. The molecular formula is C16H16F2N2O3S. The maximum atomic E-state index is 12.5. The Morgan fingerprint density at radius 2 is 2.08 bits per heavy atom. The van der Waals surface area contributed by atoms with Crippen molar-refractivity contribution in [2.45, 2.75) is 17.3 Å². The summed E-state index contributed by atoms with van der Waals surface area (Å²) < 4.78 is 35.5. The zero-order valence-electron chi connectivity index (χ0n) is 13.1. The van der Waals surface area contributed by atoms with Crippen molar-refractivity contribution in [1.29, 1.82) is 0 Å². The maximum Gasteiger partial charge on any atom is 0.290 e. The molecule has 8 heteroatoms. The number of hydrogen-bond acceptors (Lipinski definition) is 5. The minimum absolute atomic E-state index is 0.00769. The van der Waals surface area contributed by atoms with E-state index < -0.39 is 11.7 Å². The number of hydrogen-bond donors (Lipinski definition) is 1. The lowest BCUT2D eigenvalue weighted by Gasteiger charge is -2.12. The minimum Gasteiger partial charge on any atom is -0.497 e. The normalized spacial score (nSPS) is 10.5. The van der Waals surface area contributed by atoms with Crippen LogP contribution in [0.3, 0.4) is 0 Å². The molecule has 1 heterocycles. The molecule has 0 radical (unpaired) electrons. The van der Waals surface area contributed by atoms with Crippen LogP contribution in [0.1, 0.15) is 15.9 Å². The molecule has 0 atom stereocenters. The zero-order chi connectivity index (χ0) is 17.5. The Bertz CT molecular complexity index is 713. The van der Waals surface area contributed by atoms with Gasteiger partial charge in [0, 0.05) is 24.4 Å². The summed E-state index contributed by atoms with van der Waals surface area (Å²) in [5.74, 6) is -1.94. The fraction of sp³-hybridized carbons (Fsp3) is 0.250. The number of nitrogens with zero attached hydrogens (tertiary/aromatic N) is 1. The van der Waals surface area contributed by atoms with Crippen LogP contribution in [0.25, 0.3) is 0 Å². The number of alkyl halides is 2. The predicted molar refractivity (Wildman–Crippen MR) is 86.8 cm³/mol. The van der Waals surface area contributed by atoms with Gasteiger partial charge in [-0.3, -0.25) is 4.79 Å². The Labute approximate surface area is 142 Å². The van der Waals surface area contributed by atoms with Gasteiger partial charge < -0.3 is 14.8 Å². The van der Waals surface area contributed by atoms with Gasteiger partial charge in [0.1, 0.15) is 16.5 Å². The Morgan fingerprint density at radius 3 is 2.75 bits per heavy atom. The van der Waals surface area contributed by atoms with Crippen LogP contribution in [0.4, 0.5) is 8.78 Å². The summed E-state index contributed by atoms with van der Waals surface area (Å²) in [5, 5.41) is 2.68. The Balaban J connectivity index is 2.11. The van der Waals surface area contributed by atoms with E-state index in [0.717, 1.165) is 5.56 Å². The van der Waals surface area contributed by atoms with Crippen LogP contribution in [-0.4, -0.2) is 30.9 Å². The van der Waals surface area contributed by atoms with Crippen LogP contribution in [0.5, 0.6) is 11.5 Å². The minimum atomic E-state index is -2.65. The number of amides is 1. The molecule has 2 rings (SSSR count). The molecule has 0 aliphatic carbocycles. The fourth-order valence-corrected chi connectivity index (χ4v) is 2.59. The second kappa shape index (κ2) is 8.49. The highest BCUT2D eigenvalue weighted by atomic mass is 32.2. The lowest BCUT2D eigenvalue weighted by atomic mass is 10.2. The van der Waals surface area contributed by atoms with E-state index in [1.54, 1.807) is 25.3 Å². The van der Waals surface area contributed by atoms with Crippen molar-refractivity contribution in [1.82, 2.24) is 10.3 Å². The Hall–Kier alpha value is -2.35. The van der Waals surface area contributed by atoms with Crippen LogP contribution in [0.2, 0.25) is 0 Å². The van der Waals surface area contributed by atoms with Gasteiger partial charge in [-0.05, 0) is 36.0 Å². The average Bonchev–Trinajstić information content (AvgIpc) is 2.59. The van der Waals surface area contributed by atoms with Crippen LogP contribution >= 0.6 is 11.8 Å². The van der Waals surface area contributed by atoms with Crippen LogP contribution in [-0.2, 0) is 6.54 Å². The molecule has 24 heavy (non-hydrogen) atoms. The molecule has 0 aliphatic rings. The molecule has 0 spiro atoms. The average molecular weight is 354 g/mol. The van der Waals surface area contributed by atoms with Crippen molar-refractivity contribution < 1.29 is 23.0 Å². The third-order valence-electron chi connectivity index (χ3n) is 3.15. The number of ether oxygens (including phenoxy) is 2. The topological polar surface area (TPSA) is 60.5 Å². The Morgan fingerprint density at radius 1 is 1.29 bits per heavy atom. The number of rotatable bonds is 7. The number of carbonyl (C=O) groups is 1. The molecule has 5 nitrogen and oxygen atoms in total. The highest BCUT2D eigenvalue weighted by molar-refractivity contribution is 7.99. The molecular weight excluding hydrogens is 338 g/mol. The van der Waals surface area contributed by atoms with Gasteiger partial charge in [0.15, 0.2) is 0 Å². The standard InChI is InChI=1S/C16H16F2N2O3S/c1-22-11-6-5-10(13(8-11)23-2)9-20-14(21)12-4-3-7-19-15(12)24-16(17)18/h3-8,16H,9H2,1-2H3,(H,20,21). The first-order chi connectivity index (χ1) is 11.5. The molecule has 2 aromatic rings. The van der Waals surface area contributed by atoms with Gasteiger partial charge in [-0.1, -0.05) is 0 Å². The van der Waals surface area contributed by atoms with Crippen LogP contribution < -0.4 is 14.8 Å². The predicted octanol–water partition coefficient (Wildman–Crippen LogP) is 3.34. The lowest BCUT2D eigenvalue weighted by molar-refractivity contribution is 0.0947. The molecule has 128 valence electrons. The molecule has 0 aliphatic heterocycles. The van der Waals surface area contributed by atoms with E-state index >= 15 is 0 Å². The summed E-state index contributed by atoms with van der Waals surface area (Å²) in [4.78, 5) is 16.1. The summed E-state index contributed by atoms with van der Waals surface area (Å²) in [6.45, 7) is 0.180. The summed E-state index contributed by atoms with van der Waals surface area (Å²) >= 11 is 0.241. The maximum absolute atomic E-state index is 12.5. The molecule has 1 aromatic carbocycles.